The molecule has 1 aromatic carbocycles. The molecule has 3 heterocycles. The van der Waals surface area contributed by atoms with Crippen LogP contribution in [0.5, 0.6) is 0 Å². The Morgan fingerprint density at radius 3 is 2.29 bits per heavy atom. The van der Waals surface area contributed by atoms with Crippen LogP contribution in [-0.4, -0.2) is 52.5 Å². The number of benzene rings is 1. The van der Waals surface area contributed by atoms with Crippen LogP contribution in [0.4, 0.5) is 5.69 Å². The van der Waals surface area contributed by atoms with Crippen LogP contribution in [0.25, 0.3) is 0 Å². The SMILES string of the molecule is Cc1cc(C)cc(NC(=O)C2[C@@H]3C=CC4(O3)C(C(=O)NC3CCCC(C)C3C)N(C3CCCCCCC3)C(=O)[C@H]24)c1. The van der Waals surface area contributed by atoms with Gasteiger partial charge in [0.2, 0.25) is 17.7 Å². The van der Waals surface area contributed by atoms with Gasteiger partial charge in [0.05, 0.1) is 17.9 Å². The lowest BCUT2D eigenvalue weighted by molar-refractivity contribution is -0.144. The zero-order chi connectivity index (χ0) is 28.9. The molecule has 2 saturated heterocycles. The van der Waals surface area contributed by atoms with Gasteiger partial charge in [0.15, 0.2) is 0 Å². The van der Waals surface area contributed by atoms with E-state index in [1.54, 1.807) is 0 Å². The maximum absolute atomic E-state index is 14.5. The van der Waals surface area contributed by atoms with Crippen LogP contribution in [0.1, 0.15) is 89.2 Å². The van der Waals surface area contributed by atoms with Gasteiger partial charge in [-0.15, -0.1) is 0 Å². The van der Waals surface area contributed by atoms with Crippen LogP contribution >= 0.6 is 0 Å². The first-order chi connectivity index (χ1) is 19.7. The molecule has 4 fully saturated rings. The number of carbonyl (C=O) groups is 3. The molecule has 0 radical (unpaired) electrons. The van der Waals surface area contributed by atoms with Gasteiger partial charge in [0.25, 0.3) is 0 Å². The molecule has 222 valence electrons. The van der Waals surface area contributed by atoms with Crippen molar-refractivity contribution in [1.29, 1.82) is 0 Å². The monoisotopic (exact) mass is 561 g/mol. The summed E-state index contributed by atoms with van der Waals surface area (Å²) in [5.41, 5.74) is 1.75. The lowest BCUT2D eigenvalue weighted by Gasteiger charge is -2.40. The summed E-state index contributed by atoms with van der Waals surface area (Å²) >= 11 is 0. The van der Waals surface area contributed by atoms with Crippen LogP contribution in [0.2, 0.25) is 0 Å². The zero-order valence-corrected chi connectivity index (χ0v) is 25.2. The first-order valence-electron chi connectivity index (χ1n) is 16.1. The Hall–Kier alpha value is -2.67. The molecule has 7 nitrogen and oxygen atoms in total. The van der Waals surface area contributed by atoms with E-state index in [-0.39, 0.29) is 29.8 Å². The van der Waals surface area contributed by atoms with Crippen molar-refractivity contribution in [2.45, 2.75) is 122 Å². The highest BCUT2D eigenvalue weighted by Gasteiger charge is 2.73. The van der Waals surface area contributed by atoms with Crippen molar-refractivity contribution in [3.63, 3.8) is 0 Å². The van der Waals surface area contributed by atoms with Gasteiger partial charge < -0.3 is 20.3 Å². The lowest BCUT2D eigenvalue weighted by atomic mass is 9.73. The molecule has 41 heavy (non-hydrogen) atoms. The van der Waals surface area contributed by atoms with Gasteiger partial charge in [-0.05, 0) is 68.2 Å². The van der Waals surface area contributed by atoms with Gasteiger partial charge in [-0.3, -0.25) is 14.4 Å². The predicted octanol–water partition coefficient (Wildman–Crippen LogP) is 5.45. The molecule has 6 rings (SSSR count). The number of nitrogens with one attached hydrogen (secondary N) is 2. The molecule has 2 aliphatic carbocycles. The minimum absolute atomic E-state index is 0.0135. The summed E-state index contributed by atoms with van der Waals surface area (Å²) in [5, 5.41) is 6.49. The van der Waals surface area contributed by atoms with E-state index < -0.39 is 29.6 Å². The summed E-state index contributed by atoms with van der Waals surface area (Å²) in [6.45, 7) is 8.51. The highest BCUT2D eigenvalue weighted by molar-refractivity contribution is 6.03. The molecule has 7 heteroatoms. The highest BCUT2D eigenvalue weighted by Crippen LogP contribution is 2.56. The van der Waals surface area contributed by atoms with Crippen molar-refractivity contribution >= 4 is 23.4 Å². The number of rotatable bonds is 5. The molecule has 2 saturated carbocycles. The molecule has 8 atom stereocenters. The van der Waals surface area contributed by atoms with Crippen LogP contribution in [0.15, 0.2) is 30.4 Å². The number of aryl methyl sites for hydroxylation is 2. The maximum atomic E-state index is 14.5. The van der Waals surface area contributed by atoms with Crippen molar-refractivity contribution in [2.24, 2.45) is 23.7 Å². The number of amides is 3. The summed E-state index contributed by atoms with van der Waals surface area (Å²) in [4.78, 5) is 44.6. The summed E-state index contributed by atoms with van der Waals surface area (Å²) in [6.07, 6.45) is 14.0. The first kappa shape index (κ1) is 28.4. The number of anilines is 1. The molecule has 0 aromatic heterocycles. The number of hydrogen-bond donors (Lipinski definition) is 2. The van der Waals surface area contributed by atoms with E-state index in [9.17, 15) is 14.4 Å². The summed E-state index contributed by atoms with van der Waals surface area (Å²) in [7, 11) is 0. The molecule has 5 aliphatic rings. The fourth-order valence-electron chi connectivity index (χ4n) is 8.63. The van der Waals surface area contributed by atoms with Crippen LogP contribution in [-0.2, 0) is 19.1 Å². The zero-order valence-electron chi connectivity index (χ0n) is 25.2. The van der Waals surface area contributed by atoms with E-state index in [1.807, 2.05) is 43.0 Å². The topological polar surface area (TPSA) is 87.7 Å². The number of ether oxygens (including phenoxy) is 1. The smallest absolute Gasteiger partial charge is 0.246 e. The van der Waals surface area contributed by atoms with Crippen molar-refractivity contribution in [2.75, 3.05) is 5.32 Å². The average molecular weight is 562 g/mol. The number of carbonyl (C=O) groups excluding carboxylic acids is 3. The second-order valence-electron chi connectivity index (χ2n) is 13.7. The highest BCUT2D eigenvalue weighted by atomic mass is 16.5. The van der Waals surface area contributed by atoms with Gasteiger partial charge in [0.1, 0.15) is 11.6 Å². The van der Waals surface area contributed by atoms with Crippen molar-refractivity contribution < 1.29 is 19.1 Å². The third kappa shape index (κ3) is 5.02. The lowest BCUT2D eigenvalue weighted by Crippen LogP contribution is -2.59. The molecule has 2 bridgehead atoms. The normalized spacial score (nSPS) is 37.0. The van der Waals surface area contributed by atoms with Crippen molar-refractivity contribution in [1.82, 2.24) is 10.2 Å². The third-order valence-electron chi connectivity index (χ3n) is 10.9. The summed E-state index contributed by atoms with van der Waals surface area (Å²) in [6, 6.07) is 5.28. The minimum Gasteiger partial charge on any atom is -0.359 e. The van der Waals surface area contributed by atoms with Crippen LogP contribution < -0.4 is 10.6 Å². The first-order valence-corrected chi connectivity index (χ1v) is 16.1. The molecular weight excluding hydrogens is 514 g/mol. The van der Waals surface area contributed by atoms with Crippen molar-refractivity contribution in [3.05, 3.63) is 41.5 Å². The molecule has 6 unspecified atom stereocenters. The van der Waals surface area contributed by atoms with E-state index >= 15 is 0 Å². The van der Waals surface area contributed by atoms with Gasteiger partial charge >= 0.3 is 0 Å². The second-order valence-corrected chi connectivity index (χ2v) is 13.7. The average Bonchev–Trinajstić information content (AvgIpc) is 3.53. The number of likely N-dealkylation sites (tertiary alicyclic amines) is 1. The molecule has 1 aromatic rings. The second kappa shape index (κ2) is 11.2. The molecule has 3 amide bonds. The van der Waals surface area contributed by atoms with Crippen molar-refractivity contribution in [3.8, 4) is 0 Å². The van der Waals surface area contributed by atoms with Crippen LogP contribution in [0.3, 0.4) is 0 Å². The Bertz CT molecular complexity index is 1200. The molecule has 3 aliphatic heterocycles. The quantitative estimate of drug-likeness (QED) is 0.468. The summed E-state index contributed by atoms with van der Waals surface area (Å²) < 4.78 is 6.63. The largest absolute Gasteiger partial charge is 0.359 e. The van der Waals surface area contributed by atoms with E-state index in [0.29, 0.717) is 11.8 Å². The van der Waals surface area contributed by atoms with Gasteiger partial charge in [-0.1, -0.05) is 77.0 Å². The van der Waals surface area contributed by atoms with E-state index in [2.05, 4.69) is 30.5 Å². The Labute approximate surface area is 244 Å². The molecule has 1 spiro atoms. The number of nitrogens with zero attached hydrogens (tertiary/aromatic N) is 1. The maximum Gasteiger partial charge on any atom is 0.246 e. The third-order valence-corrected chi connectivity index (χ3v) is 10.9. The molecular formula is C34H47N3O4. The van der Waals surface area contributed by atoms with Gasteiger partial charge in [-0.2, -0.15) is 0 Å². The Morgan fingerprint density at radius 2 is 1.59 bits per heavy atom. The number of fused-ring (bicyclic) bond motifs is 1. The van der Waals surface area contributed by atoms with Crippen LogP contribution in [0, 0.1) is 37.5 Å². The number of hydrogen-bond acceptors (Lipinski definition) is 4. The van der Waals surface area contributed by atoms with E-state index in [4.69, 9.17) is 4.74 Å². The van der Waals surface area contributed by atoms with Gasteiger partial charge in [0, 0.05) is 17.8 Å². The summed E-state index contributed by atoms with van der Waals surface area (Å²) in [5.74, 6) is -0.867. The predicted molar refractivity (Wildman–Crippen MR) is 159 cm³/mol. The standard InChI is InChI=1S/C34H47N3O4/c1-20-17-21(2)19-24(18-20)35-31(38)28-27-15-16-34(41-27)29(28)33(40)37(25-12-8-6-5-7-9-13-25)30(34)32(39)36-26-14-10-11-22(3)23(26)4/h15-19,22-23,25-30H,5-14H2,1-4H3,(H,35,38)(H,36,39)/t22?,23?,26?,27-,28?,29-,30?,34?/m0/s1. The Balaban J connectivity index is 1.33. The Kier molecular flexibility index (Phi) is 7.77. The van der Waals surface area contributed by atoms with Gasteiger partial charge in [-0.25, -0.2) is 0 Å². The fraction of sp³-hybridized carbons (Fsp3) is 0.676. The molecule has 2 N–H and O–H groups in total. The Morgan fingerprint density at radius 1 is 0.902 bits per heavy atom. The fourth-order valence-corrected chi connectivity index (χ4v) is 8.63. The van der Waals surface area contributed by atoms with E-state index in [0.717, 1.165) is 68.2 Å². The van der Waals surface area contributed by atoms with E-state index in [1.165, 1.54) is 12.8 Å². The minimum atomic E-state index is -1.11.